The van der Waals surface area contributed by atoms with Gasteiger partial charge >= 0.3 is 0 Å². The number of benzene rings is 10. The van der Waals surface area contributed by atoms with Gasteiger partial charge in [-0.1, -0.05) is 127 Å². The van der Waals surface area contributed by atoms with E-state index in [0.29, 0.717) is 0 Å². The Kier molecular flexibility index (Phi) is 7.82. The van der Waals surface area contributed by atoms with Crippen molar-refractivity contribution in [3.05, 3.63) is 218 Å². The van der Waals surface area contributed by atoms with Gasteiger partial charge in [-0.25, -0.2) is 0 Å². The third kappa shape index (κ3) is 5.46. The summed E-state index contributed by atoms with van der Waals surface area (Å²) >= 11 is 0. The second-order valence-electron chi connectivity index (χ2n) is 15.3. The summed E-state index contributed by atoms with van der Waals surface area (Å²) in [6.45, 7) is 0. The zero-order chi connectivity index (χ0) is 39.6. The van der Waals surface area contributed by atoms with E-state index in [9.17, 15) is 0 Å². The van der Waals surface area contributed by atoms with E-state index in [4.69, 9.17) is 8.83 Å². The van der Waals surface area contributed by atoms with Gasteiger partial charge < -0.3 is 18.6 Å². The molecule has 0 fully saturated rings. The standard InChI is InChI=1S/C56H36N2O2/c1-4-15-39(16-5-1)57(40-17-6-2-7-18-40)43-32-34-48-50(36-43)44-21-10-11-23-46(44)54-49-33-29-38(35-53(49)60-56(48)54)37-27-30-42(31-28-37)58(41-19-8-3-9-20-41)51-25-14-24-47-45-22-12-13-26-52(45)59-55(47)51/h1-36H. The van der Waals surface area contributed by atoms with Gasteiger partial charge in [0.05, 0.1) is 5.69 Å². The molecule has 10 aromatic carbocycles. The molecular weight excluding hydrogens is 733 g/mol. The molecule has 12 aromatic rings. The first-order valence-corrected chi connectivity index (χ1v) is 20.3. The molecule has 0 aliphatic heterocycles. The van der Waals surface area contributed by atoms with Crippen LogP contribution in [-0.2, 0) is 0 Å². The largest absolute Gasteiger partial charge is 0.455 e. The second-order valence-corrected chi connectivity index (χ2v) is 15.3. The highest BCUT2D eigenvalue weighted by Gasteiger charge is 2.21. The lowest BCUT2D eigenvalue weighted by atomic mass is 9.95. The topological polar surface area (TPSA) is 32.8 Å². The Hall–Kier alpha value is -8.08. The van der Waals surface area contributed by atoms with Gasteiger partial charge in [0.25, 0.3) is 0 Å². The number of anilines is 6. The zero-order valence-corrected chi connectivity index (χ0v) is 32.5. The van der Waals surface area contributed by atoms with Crippen molar-refractivity contribution in [2.75, 3.05) is 9.80 Å². The fraction of sp³-hybridized carbons (Fsp3) is 0. The molecule has 12 rings (SSSR count). The molecule has 0 aliphatic carbocycles. The summed E-state index contributed by atoms with van der Waals surface area (Å²) in [5, 5.41) is 9.09. The molecule has 0 N–H and O–H groups in total. The highest BCUT2D eigenvalue weighted by Crippen LogP contribution is 2.46. The van der Waals surface area contributed by atoms with Crippen molar-refractivity contribution in [3.63, 3.8) is 0 Å². The predicted molar refractivity (Wildman–Crippen MR) is 251 cm³/mol. The molecule has 4 nitrogen and oxygen atoms in total. The first-order chi connectivity index (χ1) is 29.8. The van der Waals surface area contributed by atoms with Crippen molar-refractivity contribution < 1.29 is 8.83 Å². The van der Waals surface area contributed by atoms with E-state index in [-0.39, 0.29) is 0 Å². The maximum Gasteiger partial charge on any atom is 0.159 e. The fourth-order valence-electron chi connectivity index (χ4n) is 9.08. The van der Waals surface area contributed by atoms with Gasteiger partial charge in [-0.3, -0.25) is 0 Å². The molecular formula is C56H36N2O2. The van der Waals surface area contributed by atoms with Crippen LogP contribution in [0.5, 0.6) is 0 Å². The van der Waals surface area contributed by atoms with Crippen molar-refractivity contribution in [1.29, 1.82) is 0 Å². The first-order valence-electron chi connectivity index (χ1n) is 20.3. The van der Waals surface area contributed by atoms with E-state index >= 15 is 0 Å². The van der Waals surface area contributed by atoms with Crippen LogP contribution in [-0.4, -0.2) is 0 Å². The molecule has 0 amide bonds. The minimum atomic E-state index is 0.864. The van der Waals surface area contributed by atoms with Crippen LogP contribution in [0.15, 0.2) is 227 Å². The Labute approximate surface area is 346 Å². The van der Waals surface area contributed by atoms with Gasteiger partial charge in [-0.2, -0.15) is 0 Å². The number of furan rings is 2. The van der Waals surface area contributed by atoms with Crippen molar-refractivity contribution in [1.82, 2.24) is 0 Å². The maximum atomic E-state index is 6.92. The lowest BCUT2D eigenvalue weighted by Crippen LogP contribution is -2.10. The minimum Gasteiger partial charge on any atom is -0.455 e. The number of fused-ring (bicyclic) bond motifs is 11. The average molecular weight is 769 g/mol. The third-order valence-corrected chi connectivity index (χ3v) is 11.8. The Bertz CT molecular complexity index is 3500. The van der Waals surface area contributed by atoms with E-state index in [1.165, 1.54) is 10.8 Å². The summed E-state index contributed by atoms with van der Waals surface area (Å²) in [4.78, 5) is 4.59. The number of hydrogen-bond donors (Lipinski definition) is 0. The normalized spacial score (nSPS) is 11.7. The summed E-state index contributed by atoms with van der Waals surface area (Å²) in [6.07, 6.45) is 0. The van der Waals surface area contributed by atoms with Crippen molar-refractivity contribution in [2.24, 2.45) is 0 Å². The molecule has 2 aromatic heterocycles. The van der Waals surface area contributed by atoms with E-state index in [0.717, 1.165) is 99.9 Å². The first kappa shape index (κ1) is 34.0. The summed E-state index contributed by atoms with van der Waals surface area (Å²) in [7, 11) is 0. The maximum absolute atomic E-state index is 6.92. The second kappa shape index (κ2) is 13.8. The Morgan fingerprint density at radius 2 is 0.783 bits per heavy atom. The third-order valence-electron chi connectivity index (χ3n) is 11.8. The number of nitrogens with zero attached hydrogens (tertiary/aromatic N) is 2. The lowest BCUT2D eigenvalue weighted by Gasteiger charge is -2.26. The smallest absolute Gasteiger partial charge is 0.159 e. The molecule has 2 heterocycles. The molecule has 0 radical (unpaired) electrons. The van der Waals surface area contributed by atoms with Gasteiger partial charge in [-0.15, -0.1) is 0 Å². The molecule has 0 spiro atoms. The van der Waals surface area contributed by atoms with Gasteiger partial charge in [0, 0.05) is 55.4 Å². The van der Waals surface area contributed by atoms with Gasteiger partial charge in [0.2, 0.25) is 0 Å². The van der Waals surface area contributed by atoms with Crippen molar-refractivity contribution in [2.45, 2.75) is 0 Å². The van der Waals surface area contributed by atoms with Crippen LogP contribution >= 0.6 is 0 Å². The summed E-state index contributed by atoms with van der Waals surface area (Å²) < 4.78 is 13.4. The van der Waals surface area contributed by atoms with Crippen LogP contribution < -0.4 is 9.80 Å². The molecule has 282 valence electrons. The number of rotatable bonds is 7. The number of para-hydroxylation sites is 5. The molecule has 0 aliphatic rings. The molecule has 0 atom stereocenters. The average Bonchev–Trinajstić information content (AvgIpc) is 3.90. The SMILES string of the molecule is c1ccc(N(c2ccccc2)c2ccc3c(c2)c2ccccc2c2c4ccc(-c5ccc(N(c6ccccc6)c6cccc7c6oc6ccccc67)cc5)cc4oc32)cc1. The molecule has 4 heteroatoms. The highest BCUT2D eigenvalue weighted by molar-refractivity contribution is 6.30. The number of hydrogen-bond acceptors (Lipinski definition) is 4. The molecule has 0 bridgehead atoms. The Morgan fingerprint density at radius 3 is 1.50 bits per heavy atom. The summed E-state index contributed by atoms with van der Waals surface area (Å²) in [5.41, 5.74) is 12.1. The van der Waals surface area contributed by atoms with Crippen molar-refractivity contribution >= 4 is 99.5 Å². The molecule has 0 unspecified atom stereocenters. The summed E-state index contributed by atoms with van der Waals surface area (Å²) in [6, 6.07) is 77.1. The Morgan fingerprint density at radius 1 is 0.267 bits per heavy atom. The van der Waals surface area contributed by atoms with E-state index in [1.807, 2.05) is 12.1 Å². The quantitative estimate of drug-likeness (QED) is 0.151. The van der Waals surface area contributed by atoms with Crippen molar-refractivity contribution in [3.8, 4) is 11.1 Å². The van der Waals surface area contributed by atoms with Crippen LogP contribution in [0.3, 0.4) is 0 Å². The lowest BCUT2D eigenvalue weighted by molar-refractivity contribution is 0.669. The highest BCUT2D eigenvalue weighted by atomic mass is 16.3. The van der Waals surface area contributed by atoms with Crippen LogP contribution in [0.25, 0.3) is 76.5 Å². The van der Waals surface area contributed by atoms with E-state index in [1.54, 1.807) is 0 Å². The molecule has 0 saturated carbocycles. The molecule has 60 heavy (non-hydrogen) atoms. The molecule has 0 saturated heterocycles. The van der Waals surface area contributed by atoms with E-state index < -0.39 is 0 Å². The van der Waals surface area contributed by atoms with Gasteiger partial charge in [-0.05, 0) is 118 Å². The van der Waals surface area contributed by atoms with Crippen LogP contribution in [0.4, 0.5) is 34.1 Å². The fourth-order valence-corrected chi connectivity index (χ4v) is 9.08. The zero-order valence-electron chi connectivity index (χ0n) is 32.5. The monoisotopic (exact) mass is 768 g/mol. The predicted octanol–water partition coefficient (Wildman–Crippen LogP) is 16.4. The van der Waals surface area contributed by atoms with Crippen LogP contribution in [0, 0.1) is 0 Å². The summed E-state index contributed by atoms with van der Waals surface area (Å²) in [5.74, 6) is 0. The minimum absolute atomic E-state index is 0.864. The van der Waals surface area contributed by atoms with E-state index in [2.05, 4.69) is 216 Å². The van der Waals surface area contributed by atoms with Crippen LogP contribution in [0.2, 0.25) is 0 Å². The van der Waals surface area contributed by atoms with Gasteiger partial charge in [0.15, 0.2) is 5.58 Å². The van der Waals surface area contributed by atoms with Crippen LogP contribution in [0.1, 0.15) is 0 Å². The van der Waals surface area contributed by atoms with Gasteiger partial charge in [0.1, 0.15) is 16.7 Å². The Balaban J connectivity index is 0.968.